The zero-order valence-corrected chi connectivity index (χ0v) is 6.87. The summed E-state index contributed by atoms with van der Waals surface area (Å²) < 4.78 is 0. The van der Waals surface area contributed by atoms with Gasteiger partial charge in [0.25, 0.3) is 0 Å². The van der Waals surface area contributed by atoms with Gasteiger partial charge >= 0.3 is 0 Å². The van der Waals surface area contributed by atoms with Crippen molar-refractivity contribution in [2.75, 3.05) is 6.61 Å². The first kappa shape index (κ1) is 6.47. The monoisotopic (exact) mass is 152 g/mol. The van der Waals surface area contributed by atoms with Crippen LogP contribution in [0.3, 0.4) is 0 Å². The van der Waals surface area contributed by atoms with Crippen LogP contribution in [0.1, 0.15) is 25.7 Å². The summed E-state index contributed by atoms with van der Waals surface area (Å²) in [6.07, 6.45) is 5.80. The number of aliphatic hydroxyl groups is 1. The highest BCUT2D eigenvalue weighted by Crippen LogP contribution is 2.64. The summed E-state index contributed by atoms with van der Waals surface area (Å²) in [6.45, 7) is 0.471. The molecule has 1 N–H and O–H groups in total. The van der Waals surface area contributed by atoms with Gasteiger partial charge < -0.3 is 5.11 Å². The van der Waals surface area contributed by atoms with E-state index >= 15 is 0 Å². The Labute approximate surface area is 67.8 Å². The number of aliphatic hydroxyl groups excluding tert-OH is 1. The molecule has 0 aliphatic heterocycles. The number of hydrogen-bond donors (Lipinski definition) is 1. The lowest BCUT2D eigenvalue weighted by molar-refractivity contribution is -0.0250. The highest BCUT2D eigenvalue weighted by molar-refractivity contribution is 5.07. The molecule has 3 fully saturated rings. The van der Waals surface area contributed by atoms with Crippen LogP contribution in [-0.4, -0.2) is 11.7 Å². The molecule has 0 amide bonds. The second-order valence-corrected chi connectivity index (χ2v) is 4.67. The van der Waals surface area contributed by atoms with Crippen molar-refractivity contribution in [2.24, 2.45) is 29.6 Å². The fourth-order valence-corrected chi connectivity index (χ4v) is 4.19. The van der Waals surface area contributed by atoms with Gasteiger partial charge in [-0.15, -0.1) is 0 Å². The summed E-state index contributed by atoms with van der Waals surface area (Å²) in [6, 6.07) is 0. The molecule has 0 aromatic carbocycles. The van der Waals surface area contributed by atoms with E-state index in [1.54, 1.807) is 0 Å². The van der Waals surface area contributed by atoms with Crippen LogP contribution >= 0.6 is 0 Å². The second-order valence-electron chi connectivity index (χ2n) is 4.67. The predicted molar refractivity (Wildman–Crippen MR) is 43.0 cm³/mol. The molecule has 0 heterocycles. The summed E-state index contributed by atoms with van der Waals surface area (Å²) in [7, 11) is 0. The molecular weight excluding hydrogens is 136 g/mol. The van der Waals surface area contributed by atoms with E-state index in [2.05, 4.69) is 0 Å². The lowest BCUT2D eigenvalue weighted by Gasteiger charge is -2.46. The van der Waals surface area contributed by atoms with Gasteiger partial charge in [0.15, 0.2) is 0 Å². The van der Waals surface area contributed by atoms with E-state index < -0.39 is 0 Å². The first-order valence-corrected chi connectivity index (χ1v) is 5.02. The molecule has 11 heavy (non-hydrogen) atoms. The SMILES string of the molecule is OCC1[C@@H]2CCC3CC[C@@H]1C32. The molecule has 1 heteroatoms. The van der Waals surface area contributed by atoms with Crippen molar-refractivity contribution < 1.29 is 5.11 Å². The molecule has 0 radical (unpaired) electrons. The van der Waals surface area contributed by atoms with Gasteiger partial charge in [0.05, 0.1) is 0 Å². The lowest BCUT2D eigenvalue weighted by Crippen LogP contribution is -2.44. The second kappa shape index (κ2) is 2.01. The van der Waals surface area contributed by atoms with Gasteiger partial charge in [0.1, 0.15) is 0 Å². The molecule has 3 aliphatic rings. The Kier molecular flexibility index (Phi) is 1.18. The quantitative estimate of drug-likeness (QED) is 0.606. The van der Waals surface area contributed by atoms with Crippen molar-refractivity contribution in [3.63, 3.8) is 0 Å². The van der Waals surface area contributed by atoms with Crippen LogP contribution in [0.4, 0.5) is 0 Å². The largest absolute Gasteiger partial charge is 0.396 e. The fraction of sp³-hybridized carbons (Fsp3) is 1.00. The average molecular weight is 152 g/mol. The van der Waals surface area contributed by atoms with Gasteiger partial charge in [-0.3, -0.25) is 0 Å². The Bertz CT molecular complexity index is 162. The summed E-state index contributed by atoms with van der Waals surface area (Å²) in [5.74, 6) is 4.74. The Balaban J connectivity index is 1.86. The molecule has 3 aliphatic carbocycles. The van der Waals surface area contributed by atoms with E-state index in [0.717, 1.165) is 23.7 Å². The van der Waals surface area contributed by atoms with E-state index in [0.29, 0.717) is 12.5 Å². The molecule has 0 saturated heterocycles. The van der Waals surface area contributed by atoms with Crippen LogP contribution < -0.4 is 0 Å². The minimum atomic E-state index is 0.471. The minimum Gasteiger partial charge on any atom is -0.396 e. The van der Waals surface area contributed by atoms with Crippen LogP contribution in [0.2, 0.25) is 0 Å². The Morgan fingerprint density at radius 2 is 1.64 bits per heavy atom. The molecule has 3 rings (SSSR count). The van der Waals surface area contributed by atoms with Crippen LogP contribution in [0.15, 0.2) is 0 Å². The maximum Gasteiger partial charge on any atom is 0.0464 e. The summed E-state index contributed by atoms with van der Waals surface area (Å²) in [4.78, 5) is 0. The fourth-order valence-electron chi connectivity index (χ4n) is 4.19. The lowest BCUT2D eigenvalue weighted by atomic mass is 9.59. The summed E-state index contributed by atoms with van der Waals surface area (Å²) in [5, 5.41) is 9.15. The van der Waals surface area contributed by atoms with E-state index in [9.17, 15) is 0 Å². The summed E-state index contributed by atoms with van der Waals surface area (Å²) in [5.41, 5.74) is 0. The van der Waals surface area contributed by atoms with Crippen molar-refractivity contribution in [1.29, 1.82) is 0 Å². The van der Waals surface area contributed by atoms with Crippen LogP contribution in [0.5, 0.6) is 0 Å². The number of hydrogen-bond acceptors (Lipinski definition) is 1. The van der Waals surface area contributed by atoms with Crippen molar-refractivity contribution in [1.82, 2.24) is 0 Å². The summed E-state index contributed by atoms with van der Waals surface area (Å²) >= 11 is 0. The molecule has 1 nitrogen and oxygen atoms in total. The van der Waals surface area contributed by atoms with Gasteiger partial charge in [-0.2, -0.15) is 0 Å². The van der Waals surface area contributed by atoms with E-state index in [1.165, 1.54) is 25.7 Å². The third-order valence-corrected chi connectivity index (χ3v) is 4.59. The minimum absolute atomic E-state index is 0.471. The molecule has 3 saturated carbocycles. The van der Waals surface area contributed by atoms with E-state index in [4.69, 9.17) is 5.11 Å². The topological polar surface area (TPSA) is 20.2 Å². The maximum absolute atomic E-state index is 9.15. The molecule has 2 atom stereocenters. The molecule has 62 valence electrons. The van der Waals surface area contributed by atoms with Crippen molar-refractivity contribution in [3.05, 3.63) is 0 Å². The van der Waals surface area contributed by atoms with Crippen LogP contribution in [0.25, 0.3) is 0 Å². The van der Waals surface area contributed by atoms with E-state index in [1.807, 2.05) is 0 Å². The smallest absolute Gasteiger partial charge is 0.0464 e. The Hall–Kier alpha value is -0.0400. The van der Waals surface area contributed by atoms with Gasteiger partial charge in [-0.25, -0.2) is 0 Å². The molecule has 0 spiro atoms. The molecule has 0 bridgehead atoms. The van der Waals surface area contributed by atoms with Gasteiger partial charge in [0.2, 0.25) is 0 Å². The third kappa shape index (κ3) is 0.618. The molecular formula is C10H16O. The Morgan fingerprint density at radius 1 is 1.00 bits per heavy atom. The maximum atomic E-state index is 9.15. The van der Waals surface area contributed by atoms with Gasteiger partial charge in [-0.05, 0) is 55.3 Å². The highest BCUT2D eigenvalue weighted by atomic mass is 16.3. The molecule has 0 unspecified atom stereocenters. The van der Waals surface area contributed by atoms with E-state index in [-0.39, 0.29) is 0 Å². The zero-order chi connectivity index (χ0) is 7.42. The van der Waals surface area contributed by atoms with Crippen molar-refractivity contribution in [3.8, 4) is 0 Å². The van der Waals surface area contributed by atoms with Crippen molar-refractivity contribution >= 4 is 0 Å². The molecule has 0 aromatic heterocycles. The first-order chi connectivity index (χ1) is 5.42. The van der Waals surface area contributed by atoms with Crippen LogP contribution in [0, 0.1) is 29.6 Å². The third-order valence-electron chi connectivity index (χ3n) is 4.59. The number of rotatable bonds is 1. The molecule has 0 aromatic rings. The predicted octanol–water partition coefficient (Wildman–Crippen LogP) is 1.66. The van der Waals surface area contributed by atoms with Gasteiger partial charge in [0, 0.05) is 6.61 Å². The normalized spacial score (nSPS) is 59.2. The van der Waals surface area contributed by atoms with Crippen LogP contribution in [-0.2, 0) is 0 Å². The van der Waals surface area contributed by atoms with Gasteiger partial charge in [-0.1, -0.05) is 0 Å². The Morgan fingerprint density at radius 3 is 2.18 bits per heavy atom. The van der Waals surface area contributed by atoms with Crippen molar-refractivity contribution in [2.45, 2.75) is 25.7 Å². The standard InChI is InChI=1S/C10H16O/c11-5-9-7-3-1-6-2-4-8(9)10(6)7/h6-11H,1-5H2/t6?,7-,8-,9?,10?/m0/s1. The first-order valence-electron chi connectivity index (χ1n) is 5.02. The zero-order valence-electron chi connectivity index (χ0n) is 6.87. The highest BCUT2D eigenvalue weighted by Gasteiger charge is 2.58. The average Bonchev–Trinajstić information content (AvgIpc) is 2.39.